The summed E-state index contributed by atoms with van der Waals surface area (Å²) in [7, 11) is -2.93. The third-order valence-corrected chi connectivity index (χ3v) is 4.45. The van der Waals surface area contributed by atoms with E-state index in [4.69, 9.17) is 4.74 Å². The van der Waals surface area contributed by atoms with Crippen LogP contribution in [-0.2, 0) is 16.4 Å². The van der Waals surface area contributed by atoms with E-state index in [-0.39, 0.29) is 29.7 Å². The number of ether oxygens (including phenoxy) is 1. The molecule has 0 aliphatic heterocycles. The van der Waals surface area contributed by atoms with Crippen LogP contribution in [0.25, 0.3) is 0 Å². The molecule has 0 saturated heterocycles. The van der Waals surface area contributed by atoms with Crippen molar-refractivity contribution in [3.05, 3.63) is 29.3 Å². The summed E-state index contributed by atoms with van der Waals surface area (Å²) in [6, 6.07) is 6.13. The van der Waals surface area contributed by atoms with E-state index in [0.29, 0.717) is 32.1 Å². The van der Waals surface area contributed by atoms with Gasteiger partial charge in [-0.05, 0) is 38.3 Å². The lowest BCUT2D eigenvalue weighted by Gasteiger charge is -2.13. The molecule has 8 heteroatoms. The normalized spacial score (nSPS) is 11.6. The highest BCUT2D eigenvalue weighted by Gasteiger charge is 2.06. The minimum Gasteiger partial charge on any atom is -0.493 e. The SMILES string of the molecule is CCCOc1cc(C)ccc1CN=C(NCC)NCCCS(C)(=O)=O.I. The molecule has 0 atom stereocenters. The number of aliphatic imine (C=N–C) groups is 1. The number of halogens is 1. The summed E-state index contributed by atoms with van der Waals surface area (Å²) in [4.78, 5) is 4.58. The predicted octanol–water partition coefficient (Wildman–Crippen LogP) is 2.89. The molecule has 1 rings (SSSR count). The van der Waals surface area contributed by atoms with Gasteiger partial charge in [0.1, 0.15) is 15.6 Å². The number of hydrogen-bond donors (Lipinski definition) is 2. The van der Waals surface area contributed by atoms with Gasteiger partial charge in [0.05, 0.1) is 18.9 Å². The van der Waals surface area contributed by atoms with E-state index in [2.05, 4.69) is 28.6 Å². The van der Waals surface area contributed by atoms with E-state index in [0.717, 1.165) is 29.8 Å². The van der Waals surface area contributed by atoms with Crippen LogP contribution in [0.15, 0.2) is 23.2 Å². The van der Waals surface area contributed by atoms with E-state index < -0.39 is 9.84 Å². The van der Waals surface area contributed by atoms with Crippen molar-refractivity contribution in [3.63, 3.8) is 0 Å². The average molecular weight is 497 g/mol. The number of nitrogens with zero attached hydrogens (tertiary/aromatic N) is 1. The molecule has 0 amide bonds. The predicted molar refractivity (Wildman–Crippen MR) is 120 cm³/mol. The first kappa shape index (κ1) is 25.0. The molecule has 0 aliphatic rings. The van der Waals surface area contributed by atoms with E-state index in [9.17, 15) is 8.42 Å². The first-order chi connectivity index (χ1) is 11.9. The second kappa shape index (κ2) is 13.2. The Balaban J connectivity index is 0.00000625. The Morgan fingerprint density at radius 3 is 2.58 bits per heavy atom. The molecule has 1 aromatic carbocycles. The van der Waals surface area contributed by atoms with Crippen molar-refractivity contribution < 1.29 is 13.2 Å². The van der Waals surface area contributed by atoms with E-state index in [1.54, 1.807) is 0 Å². The fourth-order valence-corrected chi connectivity index (χ4v) is 2.85. The van der Waals surface area contributed by atoms with Crippen LogP contribution < -0.4 is 15.4 Å². The molecule has 0 spiro atoms. The highest BCUT2D eigenvalue weighted by Crippen LogP contribution is 2.21. The maximum atomic E-state index is 11.2. The summed E-state index contributed by atoms with van der Waals surface area (Å²) in [5, 5.41) is 6.34. The van der Waals surface area contributed by atoms with Gasteiger partial charge in [0, 0.05) is 24.9 Å². The zero-order valence-electron chi connectivity index (χ0n) is 16.2. The Morgan fingerprint density at radius 1 is 1.23 bits per heavy atom. The molecule has 2 N–H and O–H groups in total. The lowest BCUT2D eigenvalue weighted by Crippen LogP contribution is -2.38. The van der Waals surface area contributed by atoms with Crippen LogP contribution in [0, 0.1) is 6.92 Å². The molecule has 0 aliphatic carbocycles. The Kier molecular flexibility index (Phi) is 12.7. The number of guanidine groups is 1. The molecular weight excluding hydrogens is 465 g/mol. The number of benzene rings is 1. The topological polar surface area (TPSA) is 79.8 Å². The highest BCUT2D eigenvalue weighted by molar-refractivity contribution is 14.0. The van der Waals surface area contributed by atoms with Crippen LogP contribution in [-0.4, -0.2) is 46.1 Å². The minimum atomic E-state index is -2.93. The Labute approximate surface area is 175 Å². The van der Waals surface area contributed by atoms with Crippen molar-refractivity contribution >= 4 is 39.8 Å². The summed E-state index contributed by atoms with van der Waals surface area (Å²) >= 11 is 0. The first-order valence-electron chi connectivity index (χ1n) is 8.78. The van der Waals surface area contributed by atoms with E-state index in [1.165, 1.54) is 6.26 Å². The first-order valence-corrected chi connectivity index (χ1v) is 10.8. The molecule has 0 bridgehead atoms. The second-order valence-electron chi connectivity index (χ2n) is 6.07. The monoisotopic (exact) mass is 497 g/mol. The Bertz CT molecular complexity index is 664. The minimum absolute atomic E-state index is 0. The average Bonchev–Trinajstić information content (AvgIpc) is 2.54. The summed E-state index contributed by atoms with van der Waals surface area (Å²) in [5.41, 5.74) is 2.19. The standard InChI is InChI=1S/C18H31N3O3S.HI/c1-5-11-24-17-13-15(3)8-9-16(17)14-21-18(19-6-2)20-10-7-12-25(4,22)23;/h8-9,13H,5-7,10-12,14H2,1-4H3,(H2,19,20,21);1H. The van der Waals surface area contributed by atoms with Crippen molar-refractivity contribution in [2.24, 2.45) is 4.99 Å². The lowest BCUT2D eigenvalue weighted by molar-refractivity contribution is 0.314. The maximum absolute atomic E-state index is 11.2. The quantitative estimate of drug-likeness (QED) is 0.225. The maximum Gasteiger partial charge on any atom is 0.191 e. The number of hydrogen-bond acceptors (Lipinski definition) is 4. The molecule has 6 nitrogen and oxygen atoms in total. The Morgan fingerprint density at radius 2 is 1.96 bits per heavy atom. The summed E-state index contributed by atoms with van der Waals surface area (Å²) in [5.74, 6) is 1.73. The molecule has 0 radical (unpaired) electrons. The van der Waals surface area contributed by atoms with Gasteiger partial charge in [0.2, 0.25) is 0 Å². The fraction of sp³-hybridized carbons (Fsp3) is 0.611. The second-order valence-corrected chi connectivity index (χ2v) is 8.32. The van der Waals surface area contributed by atoms with Gasteiger partial charge in [-0.15, -0.1) is 24.0 Å². The molecule has 26 heavy (non-hydrogen) atoms. The van der Waals surface area contributed by atoms with Gasteiger partial charge in [-0.3, -0.25) is 0 Å². The van der Waals surface area contributed by atoms with Crippen LogP contribution in [0.5, 0.6) is 5.75 Å². The van der Waals surface area contributed by atoms with Crippen LogP contribution in [0.3, 0.4) is 0 Å². The zero-order chi connectivity index (χ0) is 18.7. The van der Waals surface area contributed by atoms with Crippen molar-refractivity contribution in [3.8, 4) is 5.75 Å². The van der Waals surface area contributed by atoms with Gasteiger partial charge in [-0.2, -0.15) is 0 Å². The fourth-order valence-electron chi connectivity index (χ4n) is 2.19. The van der Waals surface area contributed by atoms with Crippen LogP contribution in [0.4, 0.5) is 0 Å². The lowest BCUT2D eigenvalue weighted by atomic mass is 10.1. The number of nitrogens with one attached hydrogen (secondary N) is 2. The number of aryl methyl sites for hydroxylation is 1. The molecule has 0 aromatic heterocycles. The molecular formula is C18H32IN3O3S. The van der Waals surface area contributed by atoms with Gasteiger partial charge in [0.25, 0.3) is 0 Å². The molecule has 150 valence electrons. The van der Waals surface area contributed by atoms with Crippen molar-refractivity contribution in [2.45, 2.75) is 40.2 Å². The smallest absolute Gasteiger partial charge is 0.191 e. The third-order valence-electron chi connectivity index (χ3n) is 3.42. The summed E-state index contributed by atoms with van der Waals surface area (Å²) in [6.07, 6.45) is 2.77. The van der Waals surface area contributed by atoms with Crippen molar-refractivity contribution in [1.82, 2.24) is 10.6 Å². The van der Waals surface area contributed by atoms with Gasteiger partial charge >= 0.3 is 0 Å². The van der Waals surface area contributed by atoms with Crippen molar-refractivity contribution in [1.29, 1.82) is 0 Å². The number of rotatable bonds is 10. The van der Waals surface area contributed by atoms with Crippen LogP contribution in [0.2, 0.25) is 0 Å². The highest BCUT2D eigenvalue weighted by atomic mass is 127. The zero-order valence-corrected chi connectivity index (χ0v) is 19.3. The van der Waals surface area contributed by atoms with E-state index >= 15 is 0 Å². The molecule has 0 fully saturated rings. The van der Waals surface area contributed by atoms with Gasteiger partial charge in [0.15, 0.2) is 5.96 Å². The summed E-state index contributed by atoms with van der Waals surface area (Å²) < 4.78 is 28.2. The van der Waals surface area contributed by atoms with Gasteiger partial charge in [-0.25, -0.2) is 13.4 Å². The van der Waals surface area contributed by atoms with E-state index in [1.807, 2.05) is 26.0 Å². The number of sulfone groups is 1. The van der Waals surface area contributed by atoms with Crippen LogP contribution in [0.1, 0.15) is 37.8 Å². The van der Waals surface area contributed by atoms with Gasteiger partial charge < -0.3 is 15.4 Å². The molecule has 0 saturated carbocycles. The molecule has 1 aromatic rings. The Hall–Kier alpha value is -1.03. The molecule has 0 unspecified atom stereocenters. The van der Waals surface area contributed by atoms with Crippen LogP contribution >= 0.6 is 24.0 Å². The van der Waals surface area contributed by atoms with Gasteiger partial charge in [-0.1, -0.05) is 19.1 Å². The third kappa shape index (κ3) is 10.8. The largest absolute Gasteiger partial charge is 0.493 e. The molecule has 0 heterocycles. The summed E-state index contributed by atoms with van der Waals surface area (Å²) in [6.45, 7) is 8.60. The van der Waals surface area contributed by atoms with Crippen molar-refractivity contribution in [2.75, 3.05) is 31.7 Å².